The molecule has 2 heteroatoms. The zero-order valence-electron chi connectivity index (χ0n) is 11.1. The molecule has 18 heavy (non-hydrogen) atoms. The van der Waals surface area contributed by atoms with E-state index in [-0.39, 0.29) is 0 Å². The van der Waals surface area contributed by atoms with Crippen molar-refractivity contribution in [3.63, 3.8) is 0 Å². The number of aryl methyl sites for hydroxylation is 1. The van der Waals surface area contributed by atoms with Crippen LogP contribution in [-0.2, 0) is 6.42 Å². The predicted molar refractivity (Wildman–Crippen MR) is 80.6 cm³/mol. The van der Waals surface area contributed by atoms with Crippen LogP contribution in [0.15, 0.2) is 30.3 Å². The minimum atomic E-state index is 0.789. The van der Waals surface area contributed by atoms with Crippen LogP contribution in [0.5, 0.6) is 0 Å². The molecule has 0 amide bonds. The number of nitrogen functional groups attached to an aromatic ring is 2. The van der Waals surface area contributed by atoms with Crippen LogP contribution in [0.3, 0.4) is 0 Å². The molecule has 2 aromatic rings. The Bertz CT molecular complexity index is 532. The first-order valence-corrected chi connectivity index (χ1v) is 6.78. The van der Waals surface area contributed by atoms with Crippen LogP contribution in [0.2, 0.25) is 0 Å². The summed E-state index contributed by atoms with van der Waals surface area (Å²) in [5, 5.41) is 2.36. The second kappa shape index (κ2) is 5.76. The molecule has 0 saturated heterocycles. The lowest BCUT2D eigenvalue weighted by atomic mass is 10.00. The van der Waals surface area contributed by atoms with Crippen LogP contribution in [-0.4, -0.2) is 0 Å². The topological polar surface area (TPSA) is 52.0 Å². The third-order valence-corrected chi connectivity index (χ3v) is 3.42. The zero-order valence-corrected chi connectivity index (χ0v) is 11.1. The van der Waals surface area contributed by atoms with Crippen molar-refractivity contribution in [3.8, 4) is 0 Å². The number of hydrogen-bond donors (Lipinski definition) is 2. The first kappa shape index (κ1) is 12.7. The van der Waals surface area contributed by atoms with E-state index in [9.17, 15) is 0 Å². The summed E-state index contributed by atoms with van der Waals surface area (Å²) in [6, 6.07) is 10.2. The standard InChI is InChI=1S/C16H22N2/c1-2-3-4-5-6-13-9-12-7-8-15(17)10-14(12)11-16(13)18/h7-11H,2-6,17-18H2,1H3. The predicted octanol–water partition coefficient (Wildman–Crippen LogP) is 4.13. The Morgan fingerprint density at radius 2 is 1.72 bits per heavy atom. The minimum absolute atomic E-state index is 0.789. The van der Waals surface area contributed by atoms with E-state index < -0.39 is 0 Å². The summed E-state index contributed by atoms with van der Waals surface area (Å²) < 4.78 is 0. The van der Waals surface area contributed by atoms with Crippen molar-refractivity contribution in [2.45, 2.75) is 39.0 Å². The smallest absolute Gasteiger partial charge is 0.0353 e. The van der Waals surface area contributed by atoms with E-state index in [0.717, 1.165) is 23.2 Å². The number of unbranched alkanes of at least 4 members (excludes halogenated alkanes) is 3. The average Bonchev–Trinajstić information content (AvgIpc) is 2.35. The van der Waals surface area contributed by atoms with E-state index in [1.807, 2.05) is 18.2 Å². The third-order valence-electron chi connectivity index (χ3n) is 3.42. The summed E-state index contributed by atoms with van der Waals surface area (Å²) in [6.45, 7) is 2.23. The molecule has 0 heterocycles. The average molecular weight is 242 g/mol. The Hall–Kier alpha value is -1.70. The molecule has 0 spiro atoms. The maximum Gasteiger partial charge on any atom is 0.0353 e. The van der Waals surface area contributed by atoms with Gasteiger partial charge in [-0.1, -0.05) is 32.3 Å². The fraction of sp³-hybridized carbons (Fsp3) is 0.375. The number of rotatable bonds is 5. The lowest BCUT2D eigenvalue weighted by molar-refractivity contribution is 0.667. The molecule has 96 valence electrons. The second-order valence-electron chi connectivity index (χ2n) is 4.97. The molecular weight excluding hydrogens is 220 g/mol. The Labute approximate surface area is 109 Å². The Balaban J connectivity index is 2.18. The highest BCUT2D eigenvalue weighted by Crippen LogP contribution is 2.25. The molecule has 0 aliphatic carbocycles. The van der Waals surface area contributed by atoms with Gasteiger partial charge in [0, 0.05) is 11.4 Å². The van der Waals surface area contributed by atoms with Crippen molar-refractivity contribution < 1.29 is 0 Å². The van der Waals surface area contributed by atoms with Crippen LogP contribution in [0.25, 0.3) is 10.8 Å². The van der Waals surface area contributed by atoms with Gasteiger partial charge >= 0.3 is 0 Å². The highest BCUT2D eigenvalue weighted by atomic mass is 14.6. The fourth-order valence-electron chi connectivity index (χ4n) is 2.34. The summed E-state index contributed by atoms with van der Waals surface area (Å²) in [5.41, 5.74) is 14.8. The van der Waals surface area contributed by atoms with Gasteiger partial charge in [-0.05, 0) is 53.4 Å². The molecule has 0 fully saturated rings. The lowest BCUT2D eigenvalue weighted by Crippen LogP contribution is -1.95. The number of benzene rings is 2. The van der Waals surface area contributed by atoms with Crippen molar-refractivity contribution in [1.82, 2.24) is 0 Å². The van der Waals surface area contributed by atoms with Crippen molar-refractivity contribution in [2.24, 2.45) is 0 Å². The minimum Gasteiger partial charge on any atom is -0.399 e. The van der Waals surface area contributed by atoms with Crippen LogP contribution >= 0.6 is 0 Å². The molecule has 2 rings (SSSR count). The van der Waals surface area contributed by atoms with Crippen LogP contribution in [0.1, 0.15) is 38.2 Å². The molecule has 2 aromatic carbocycles. The van der Waals surface area contributed by atoms with Gasteiger partial charge in [-0.3, -0.25) is 0 Å². The first-order valence-electron chi connectivity index (χ1n) is 6.78. The van der Waals surface area contributed by atoms with Gasteiger partial charge < -0.3 is 11.5 Å². The van der Waals surface area contributed by atoms with Gasteiger partial charge in [-0.2, -0.15) is 0 Å². The lowest BCUT2D eigenvalue weighted by Gasteiger charge is -2.08. The van der Waals surface area contributed by atoms with Gasteiger partial charge in [-0.15, -0.1) is 0 Å². The van der Waals surface area contributed by atoms with E-state index >= 15 is 0 Å². The number of fused-ring (bicyclic) bond motifs is 1. The molecule has 2 nitrogen and oxygen atoms in total. The van der Waals surface area contributed by atoms with E-state index in [0.29, 0.717) is 0 Å². The molecule has 0 aliphatic heterocycles. The van der Waals surface area contributed by atoms with Crippen LogP contribution in [0, 0.1) is 0 Å². The maximum absolute atomic E-state index is 6.11. The van der Waals surface area contributed by atoms with Crippen LogP contribution < -0.4 is 11.5 Å². The Morgan fingerprint density at radius 3 is 2.50 bits per heavy atom. The molecule has 0 aromatic heterocycles. The number of hydrogen-bond acceptors (Lipinski definition) is 2. The molecular formula is C16H22N2. The van der Waals surface area contributed by atoms with E-state index in [1.165, 1.54) is 36.6 Å². The van der Waals surface area contributed by atoms with Gasteiger partial charge in [0.15, 0.2) is 0 Å². The third kappa shape index (κ3) is 2.95. The molecule has 0 aliphatic rings. The molecule has 4 N–H and O–H groups in total. The summed E-state index contributed by atoms with van der Waals surface area (Å²) in [4.78, 5) is 0. The highest BCUT2D eigenvalue weighted by Gasteiger charge is 2.03. The van der Waals surface area contributed by atoms with E-state index in [2.05, 4.69) is 19.1 Å². The van der Waals surface area contributed by atoms with Crippen molar-refractivity contribution in [2.75, 3.05) is 11.5 Å². The zero-order chi connectivity index (χ0) is 13.0. The van der Waals surface area contributed by atoms with Gasteiger partial charge in [0.25, 0.3) is 0 Å². The van der Waals surface area contributed by atoms with Gasteiger partial charge in [0.05, 0.1) is 0 Å². The number of nitrogens with two attached hydrogens (primary N) is 2. The largest absolute Gasteiger partial charge is 0.399 e. The van der Waals surface area contributed by atoms with Gasteiger partial charge in [0.2, 0.25) is 0 Å². The second-order valence-corrected chi connectivity index (χ2v) is 4.97. The molecule has 0 bridgehead atoms. The molecule has 0 unspecified atom stereocenters. The molecule has 0 atom stereocenters. The van der Waals surface area contributed by atoms with Crippen molar-refractivity contribution in [3.05, 3.63) is 35.9 Å². The van der Waals surface area contributed by atoms with E-state index in [1.54, 1.807) is 0 Å². The van der Waals surface area contributed by atoms with Crippen molar-refractivity contribution in [1.29, 1.82) is 0 Å². The molecule has 0 radical (unpaired) electrons. The highest BCUT2D eigenvalue weighted by molar-refractivity contribution is 5.89. The summed E-state index contributed by atoms with van der Waals surface area (Å²) in [6.07, 6.45) is 6.16. The SMILES string of the molecule is CCCCCCc1cc2ccc(N)cc2cc1N. The monoisotopic (exact) mass is 242 g/mol. The maximum atomic E-state index is 6.11. The molecule has 0 saturated carbocycles. The van der Waals surface area contributed by atoms with Crippen molar-refractivity contribution >= 4 is 22.1 Å². The Kier molecular flexibility index (Phi) is 4.08. The quantitative estimate of drug-likeness (QED) is 0.612. The number of anilines is 2. The normalized spacial score (nSPS) is 10.9. The fourth-order valence-corrected chi connectivity index (χ4v) is 2.34. The summed E-state index contributed by atoms with van der Waals surface area (Å²) in [7, 11) is 0. The van der Waals surface area contributed by atoms with Gasteiger partial charge in [0.1, 0.15) is 0 Å². The Morgan fingerprint density at radius 1 is 0.889 bits per heavy atom. The first-order chi connectivity index (χ1) is 8.70. The van der Waals surface area contributed by atoms with Gasteiger partial charge in [-0.25, -0.2) is 0 Å². The van der Waals surface area contributed by atoms with E-state index in [4.69, 9.17) is 11.5 Å². The summed E-state index contributed by atoms with van der Waals surface area (Å²) >= 11 is 0. The van der Waals surface area contributed by atoms with Crippen LogP contribution in [0.4, 0.5) is 11.4 Å². The summed E-state index contributed by atoms with van der Waals surface area (Å²) in [5.74, 6) is 0.